The van der Waals surface area contributed by atoms with Crippen molar-refractivity contribution in [3.63, 3.8) is 0 Å². The summed E-state index contributed by atoms with van der Waals surface area (Å²) in [6, 6.07) is 9.86. The Kier molecular flexibility index (Phi) is 5.16. The van der Waals surface area contributed by atoms with E-state index in [9.17, 15) is 9.59 Å². The topological polar surface area (TPSA) is 81.2 Å². The number of ether oxygens (including phenoxy) is 1. The standard InChI is InChI=1S/C21H20N2O4/c1-5-26-21-17(23-22-16-8-6-15(7-9-16)12(2)24)10-11-18(25)19-13(3)27-14(4)20(19)21/h6-11H,5H2,1-4H3. The fourth-order valence-electron chi connectivity index (χ4n) is 2.94. The maximum absolute atomic E-state index is 12.5. The molecule has 1 aromatic heterocycles. The van der Waals surface area contributed by atoms with Gasteiger partial charge in [-0.2, -0.15) is 5.11 Å². The molecule has 0 spiro atoms. The van der Waals surface area contributed by atoms with Crippen LogP contribution in [-0.4, -0.2) is 12.4 Å². The zero-order valence-electron chi connectivity index (χ0n) is 15.7. The highest BCUT2D eigenvalue weighted by molar-refractivity contribution is 5.95. The SMILES string of the molecule is CCOc1c(N=Nc2ccc(C(C)=O)cc2)ccc(=O)c2c(C)oc(C)c12. The maximum atomic E-state index is 12.5. The first kappa shape index (κ1) is 18.5. The van der Waals surface area contributed by atoms with Crippen LogP contribution >= 0.6 is 0 Å². The first-order valence-corrected chi connectivity index (χ1v) is 8.65. The second-order valence-corrected chi connectivity index (χ2v) is 6.11. The van der Waals surface area contributed by atoms with Crippen LogP contribution in [0.2, 0.25) is 0 Å². The summed E-state index contributed by atoms with van der Waals surface area (Å²) in [6.45, 7) is 7.33. The number of ketones is 1. The molecule has 0 unspecified atom stereocenters. The van der Waals surface area contributed by atoms with E-state index in [-0.39, 0.29) is 11.2 Å². The summed E-state index contributed by atoms with van der Waals surface area (Å²) in [6.07, 6.45) is 0. The lowest BCUT2D eigenvalue weighted by Gasteiger charge is -2.05. The lowest BCUT2D eigenvalue weighted by Crippen LogP contribution is -1.95. The van der Waals surface area contributed by atoms with Gasteiger partial charge in [0.2, 0.25) is 0 Å². The molecule has 6 heteroatoms. The van der Waals surface area contributed by atoms with Crippen LogP contribution in [-0.2, 0) is 0 Å². The predicted molar refractivity (Wildman–Crippen MR) is 104 cm³/mol. The number of hydrogen-bond donors (Lipinski definition) is 0. The number of carbonyl (C=O) groups is 1. The zero-order valence-corrected chi connectivity index (χ0v) is 15.7. The minimum Gasteiger partial charge on any atom is -0.491 e. The highest BCUT2D eigenvalue weighted by atomic mass is 16.5. The summed E-state index contributed by atoms with van der Waals surface area (Å²) in [5.41, 5.74) is 1.47. The third kappa shape index (κ3) is 3.65. The lowest BCUT2D eigenvalue weighted by molar-refractivity contribution is 0.101. The lowest BCUT2D eigenvalue weighted by atomic mass is 10.1. The van der Waals surface area contributed by atoms with Gasteiger partial charge in [0.1, 0.15) is 17.2 Å². The summed E-state index contributed by atoms with van der Waals surface area (Å²) in [5.74, 6) is 1.60. The van der Waals surface area contributed by atoms with Gasteiger partial charge in [-0.15, -0.1) is 5.11 Å². The van der Waals surface area contributed by atoms with E-state index in [2.05, 4.69) is 10.2 Å². The molecule has 0 aliphatic carbocycles. The molecule has 0 radical (unpaired) electrons. The van der Waals surface area contributed by atoms with Crippen LogP contribution in [0, 0.1) is 13.8 Å². The average molecular weight is 364 g/mol. The molecule has 0 saturated heterocycles. The van der Waals surface area contributed by atoms with Gasteiger partial charge in [-0.3, -0.25) is 9.59 Å². The molecule has 0 N–H and O–H groups in total. The van der Waals surface area contributed by atoms with Crippen LogP contribution in [0.25, 0.3) is 10.8 Å². The first-order valence-electron chi connectivity index (χ1n) is 8.65. The van der Waals surface area contributed by atoms with Crippen LogP contribution in [0.1, 0.15) is 35.7 Å². The Morgan fingerprint density at radius 3 is 2.30 bits per heavy atom. The van der Waals surface area contributed by atoms with E-state index in [1.807, 2.05) is 6.92 Å². The Labute approximate surface area is 156 Å². The summed E-state index contributed by atoms with van der Waals surface area (Å²) in [4.78, 5) is 23.8. The molecular weight excluding hydrogens is 344 g/mol. The van der Waals surface area contributed by atoms with Gasteiger partial charge in [0, 0.05) is 5.56 Å². The minimum absolute atomic E-state index is 0.0108. The summed E-state index contributed by atoms with van der Waals surface area (Å²) in [5, 5.41) is 9.61. The Bertz CT molecular complexity index is 1100. The second kappa shape index (κ2) is 7.53. The van der Waals surface area contributed by atoms with E-state index in [0.29, 0.717) is 51.6 Å². The van der Waals surface area contributed by atoms with Gasteiger partial charge in [-0.05, 0) is 64.1 Å². The molecule has 138 valence electrons. The fourth-order valence-corrected chi connectivity index (χ4v) is 2.94. The fraction of sp³-hybridized carbons (Fsp3) is 0.238. The van der Waals surface area contributed by atoms with Crippen LogP contribution in [0.4, 0.5) is 11.4 Å². The van der Waals surface area contributed by atoms with Crippen LogP contribution in [0.15, 0.2) is 55.8 Å². The number of aryl methyl sites for hydroxylation is 2. The van der Waals surface area contributed by atoms with E-state index in [1.165, 1.54) is 13.0 Å². The third-order valence-electron chi connectivity index (χ3n) is 4.19. The molecule has 0 amide bonds. The number of Topliss-reactive ketones (excluding diaryl/α,β-unsaturated/α-hetero) is 1. The number of azo groups is 1. The van der Waals surface area contributed by atoms with E-state index >= 15 is 0 Å². The van der Waals surface area contributed by atoms with E-state index in [0.717, 1.165) is 0 Å². The minimum atomic E-state index is -0.160. The number of carbonyl (C=O) groups excluding carboxylic acids is 1. The molecule has 0 fully saturated rings. The Balaban J connectivity index is 2.15. The Morgan fingerprint density at radius 1 is 1.00 bits per heavy atom. The van der Waals surface area contributed by atoms with Gasteiger partial charge in [0.25, 0.3) is 0 Å². The maximum Gasteiger partial charge on any atom is 0.190 e. The number of nitrogens with zero attached hydrogens (tertiary/aromatic N) is 2. The predicted octanol–water partition coefficient (Wildman–Crippen LogP) is 5.43. The van der Waals surface area contributed by atoms with Crippen molar-refractivity contribution < 1.29 is 13.9 Å². The van der Waals surface area contributed by atoms with Gasteiger partial charge in [0.05, 0.1) is 23.1 Å². The monoisotopic (exact) mass is 364 g/mol. The second-order valence-electron chi connectivity index (χ2n) is 6.11. The van der Waals surface area contributed by atoms with Crippen LogP contribution in [0.3, 0.4) is 0 Å². The summed E-state index contributed by atoms with van der Waals surface area (Å²) >= 11 is 0. The third-order valence-corrected chi connectivity index (χ3v) is 4.19. The highest BCUT2D eigenvalue weighted by Crippen LogP contribution is 2.38. The molecule has 2 aromatic carbocycles. The molecule has 0 bridgehead atoms. The average Bonchev–Trinajstić information content (AvgIpc) is 2.85. The van der Waals surface area contributed by atoms with E-state index in [1.54, 1.807) is 44.2 Å². The molecule has 6 nitrogen and oxygen atoms in total. The van der Waals surface area contributed by atoms with Crippen molar-refractivity contribution in [2.24, 2.45) is 10.2 Å². The number of fused-ring (bicyclic) bond motifs is 1. The first-order chi connectivity index (χ1) is 12.9. The van der Waals surface area contributed by atoms with E-state index < -0.39 is 0 Å². The molecule has 27 heavy (non-hydrogen) atoms. The van der Waals surface area contributed by atoms with Gasteiger partial charge in [-0.25, -0.2) is 0 Å². The normalized spacial score (nSPS) is 11.3. The zero-order chi connectivity index (χ0) is 19.6. The molecular formula is C21H20N2O4. The molecule has 0 aliphatic heterocycles. The molecule has 3 rings (SSSR count). The van der Waals surface area contributed by atoms with Gasteiger partial charge in [0.15, 0.2) is 17.0 Å². The number of rotatable bonds is 5. The van der Waals surface area contributed by atoms with Crippen molar-refractivity contribution in [1.29, 1.82) is 0 Å². The van der Waals surface area contributed by atoms with Crippen molar-refractivity contribution in [3.05, 3.63) is 63.7 Å². The molecule has 1 heterocycles. The summed E-state index contributed by atoms with van der Waals surface area (Å²) in [7, 11) is 0. The smallest absolute Gasteiger partial charge is 0.190 e. The molecule has 3 aromatic rings. The van der Waals surface area contributed by atoms with Gasteiger partial charge in [-0.1, -0.05) is 0 Å². The van der Waals surface area contributed by atoms with Crippen molar-refractivity contribution in [1.82, 2.24) is 0 Å². The van der Waals surface area contributed by atoms with Crippen LogP contribution < -0.4 is 10.2 Å². The Morgan fingerprint density at radius 2 is 1.67 bits per heavy atom. The largest absolute Gasteiger partial charge is 0.491 e. The molecule has 0 atom stereocenters. The number of hydrogen-bond acceptors (Lipinski definition) is 6. The molecule has 0 aliphatic rings. The number of benzene rings is 1. The summed E-state index contributed by atoms with van der Waals surface area (Å²) < 4.78 is 11.4. The van der Waals surface area contributed by atoms with Crippen molar-refractivity contribution >= 4 is 27.9 Å². The Hall–Kier alpha value is -3.28. The highest BCUT2D eigenvalue weighted by Gasteiger charge is 2.17. The van der Waals surface area contributed by atoms with Gasteiger partial charge >= 0.3 is 0 Å². The quantitative estimate of drug-likeness (QED) is 0.447. The van der Waals surface area contributed by atoms with Crippen molar-refractivity contribution in [3.8, 4) is 5.75 Å². The van der Waals surface area contributed by atoms with Crippen molar-refractivity contribution in [2.45, 2.75) is 27.7 Å². The van der Waals surface area contributed by atoms with Crippen LogP contribution in [0.5, 0.6) is 5.75 Å². The number of furan rings is 1. The van der Waals surface area contributed by atoms with Gasteiger partial charge < -0.3 is 9.15 Å². The van der Waals surface area contributed by atoms with Crippen molar-refractivity contribution in [2.75, 3.05) is 6.61 Å². The molecule has 0 saturated carbocycles. The van der Waals surface area contributed by atoms with E-state index in [4.69, 9.17) is 9.15 Å².